The van der Waals surface area contributed by atoms with E-state index in [0.717, 1.165) is 23.2 Å². The highest BCUT2D eigenvalue weighted by atomic mass is 35.5. The molecule has 3 aliphatic rings. The second kappa shape index (κ2) is 8.36. The average molecular weight is 442 g/mol. The zero-order valence-corrected chi connectivity index (χ0v) is 18.3. The molecule has 156 valence electrons. The lowest BCUT2D eigenvalue weighted by Crippen LogP contribution is -2.42. The van der Waals surface area contributed by atoms with Crippen LogP contribution in [0, 0.1) is 23.7 Å². The number of carbonyl (C=O) groups is 1. The van der Waals surface area contributed by atoms with Crippen molar-refractivity contribution in [1.82, 2.24) is 4.98 Å². The van der Waals surface area contributed by atoms with E-state index in [4.69, 9.17) is 27.9 Å². The number of carbonyl (C=O) groups excluding carboxylic acids is 1. The lowest BCUT2D eigenvalue weighted by atomic mass is 9.60. The van der Waals surface area contributed by atoms with Crippen molar-refractivity contribution >= 4 is 35.2 Å². The monoisotopic (exact) mass is 441 g/mol. The number of rotatable bonds is 3. The van der Waals surface area contributed by atoms with Crippen LogP contribution in [-0.2, 0) is 9.53 Å². The van der Waals surface area contributed by atoms with Crippen LogP contribution < -0.4 is 0 Å². The third-order valence-corrected chi connectivity index (χ3v) is 7.75. The number of nitrogens with zero attached hydrogens (tertiary/aromatic N) is 1. The van der Waals surface area contributed by atoms with Crippen molar-refractivity contribution in [2.45, 2.75) is 44.6 Å². The first-order valence-electron chi connectivity index (χ1n) is 10.9. The molecule has 3 nitrogen and oxygen atoms in total. The van der Waals surface area contributed by atoms with Crippen molar-refractivity contribution in [2.24, 2.45) is 23.7 Å². The number of fused-ring (bicyclic) bond motifs is 3. The number of hydrogen-bond acceptors (Lipinski definition) is 3. The van der Waals surface area contributed by atoms with Crippen molar-refractivity contribution in [3.63, 3.8) is 0 Å². The smallest absolute Gasteiger partial charge is 0.306 e. The Labute approximate surface area is 187 Å². The summed E-state index contributed by atoms with van der Waals surface area (Å²) < 4.78 is 5.67. The van der Waals surface area contributed by atoms with E-state index in [2.05, 4.69) is 17.1 Å². The second-order valence-corrected chi connectivity index (χ2v) is 9.71. The van der Waals surface area contributed by atoms with Crippen LogP contribution in [0.1, 0.15) is 44.2 Å². The van der Waals surface area contributed by atoms with Gasteiger partial charge in [0.2, 0.25) is 0 Å². The van der Waals surface area contributed by atoms with Crippen molar-refractivity contribution in [3.8, 4) is 11.1 Å². The first-order valence-corrected chi connectivity index (χ1v) is 11.6. The Morgan fingerprint density at radius 2 is 1.87 bits per heavy atom. The van der Waals surface area contributed by atoms with E-state index in [1.54, 1.807) is 12.1 Å². The Morgan fingerprint density at radius 1 is 1.03 bits per heavy atom. The predicted octanol–water partition coefficient (Wildman–Crippen LogP) is 6.83. The first kappa shape index (κ1) is 20.1. The summed E-state index contributed by atoms with van der Waals surface area (Å²) in [5, 5.41) is 1.32. The van der Waals surface area contributed by atoms with E-state index < -0.39 is 0 Å². The Kier molecular flexibility index (Phi) is 5.59. The van der Waals surface area contributed by atoms with Crippen LogP contribution in [0.15, 0.2) is 42.6 Å². The first-order chi connectivity index (χ1) is 14.6. The number of aromatic nitrogens is 1. The number of pyridine rings is 1. The van der Waals surface area contributed by atoms with Gasteiger partial charge in [-0.25, -0.2) is 0 Å². The Hall–Kier alpha value is -1.84. The number of ether oxygens (including phenoxy) is 1. The molecule has 0 N–H and O–H groups in total. The van der Waals surface area contributed by atoms with Gasteiger partial charge in [0.05, 0.1) is 12.1 Å². The second-order valence-electron chi connectivity index (χ2n) is 8.86. The van der Waals surface area contributed by atoms with Gasteiger partial charge in [-0.05, 0) is 67.4 Å². The molecule has 2 aliphatic carbocycles. The average Bonchev–Trinajstić information content (AvgIpc) is 3.14. The maximum atomic E-state index is 11.9. The number of esters is 1. The summed E-state index contributed by atoms with van der Waals surface area (Å²) in [7, 11) is 0. The van der Waals surface area contributed by atoms with Crippen molar-refractivity contribution in [2.75, 3.05) is 0 Å². The topological polar surface area (TPSA) is 39.2 Å². The zero-order valence-electron chi connectivity index (χ0n) is 16.8. The molecule has 1 saturated heterocycles. The zero-order chi connectivity index (χ0) is 20.7. The molecule has 2 aromatic rings. The maximum absolute atomic E-state index is 11.9. The molecule has 0 radical (unpaired) electrons. The SMILES string of the molecule is O=C1CC2C(CC(/C=C/c3ccc(-c4cc(Cl)ccc4Cl)cn3)C3CCCCC32)O1. The molecule has 5 unspecified atom stereocenters. The van der Waals surface area contributed by atoms with E-state index >= 15 is 0 Å². The third kappa shape index (κ3) is 3.90. The highest BCUT2D eigenvalue weighted by Crippen LogP contribution is 2.51. The fourth-order valence-electron chi connectivity index (χ4n) is 5.80. The summed E-state index contributed by atoms with van der Waals surface area (Å²) in [6, 6.07) is 9.50. The molecule has 0 spiro atoms. The summed E-state index contributed by atoms with van der Waals surface area (Å²) in [5.74, 6) is 2.17. The molecule has 5 rings (SSSR count). The third-order valence-electron chi connectivity index (χ3n) is 7.18. The van der Waals surface area contributed by atoms with Gasteiger partial charge >= 0.3 is 5.97 Å². The molecule has 30 heavy (non-hydrogen) atoms. The molecule has 2 heterocycles. The van der Waals surface area contributed by atoms with Crippen LogP contribution >= 0.6 is 23.2 Å². The van der Waals surface area contributed by atoms with Gasteiger partial charge in [-0.3, -0.25) is 9.78 Å². The van der Waals surface area contributed by atoms with Gasteiger partial charge in [0.25, 0.3) is 0 Å². The lowest BCUT2D eigenvalue weighted by molar-refractivity contribution is -0.143. The van der Waals surface area contributed by atoms with Gasteiger partial charge in [0, 0.05) is 33.3 Å². The van der Waals surface area contributed by atoms with Gasteiger partial charge < -0.3 is 4.74 Å². The van der Waals surface area contributed by atoms with E-state index in [9.17, 15) is 4.79 Å². The minimum atomic E-state index is -0.00381. The molecule has 3 fully saturated rings. The van der Waals surface area contributed by atoms with Crippen molar-refractivity contribution in [3.05, 3.63) is 58.3 Å². The summed E-state index contributed by atoms with van der Waals surface area (Å²) in [5.41, 5.74) is 2.76. The summed E-state index contributed by atoms with van der Waals surface area (Å²) in [6.07, 6.45) is 13.0. The molecule has 0 bridgehead atoms. The quantitative estimate of drug-likeness (QED) is 0.490. The molecule has 2 saturated carbocycles. The number of hydrogen-bond donors (Lipinski definition) is 0. The van der Waals surface area contributed by atoms with Crippen LogP contribution in [0.4, 0.5) is 0 Å². The molecular formula is C25H25Cl2NO2. The minimum Gasteiger partial charge on any atom is -0.462 e. The minimum absolute atomic E-state index is 0.00381. The molecule has 5 atom stereocenters. The van der Waals surface area contributed by atoms with Gasteiger partial charge in [-0.15, -0.1) is 0 Å². The van der Waals surface area contributed by atoms with Gasteiger partial charge in [0.15, 0.2) is 0 Å². The normalized spacial score (nSPS) is 30.7. The molecule has 1 aromatic heterocycles. The Bertz CT molecular complexity index is 972. The largest absolute Gasteiger partial charge is 0.462 e. The van der Waals surface area contributed by atoms with Crippen LogP contribution in [-0.4, -0.2) is 17.1 Å². The molecule has 5 heteroatoms. The van der Waals surface area contributed by atoms with Gasteiger partial charge in [-0.2, -0.15) is 0 Å². The fraction of sp³-hybridized carbons (Fsp3) is 0.440. The van der Waals surface area contributed by atoms with Gasteiger partial charge in [0.1, 0.15) is 6.10 Å². The van der Waals surface area contributed by atoms with Crippen molar-refractivity contribution in [1.29, 1.82) is 0 Å². The highest BCUT2D eigenvalue weighted by molar-refractivity contribution is 6.35. The van der Waals surface area contributed by atoms with Crippen molar-refractivity contribution < 1.29 is 9.53 Å². The van der Waals surface area contributed by atoms with E-state index in [1.807, 2.05) is 24.4 Å². The standard InChI is InChI=1S/C25H25Cl2NO2/c26-17-7-10-23(27)21(12-17)16-6-9-18(28-14-16)8-5-15-11-24-22(13-25(29)30-24)20-4-2-1-3-19(15)20/h5-10,12,14-15,19-20,22,24H,1-4,11,13H2/b8-5+. The van der Waals surface area contributed by atoms with Crippen LogP contribution in [0.25, 0.3) is 17.2 Å². The fourth-order valence-corrected chi connectivity index (χ4v) is 6.20. The lowest BCUT2D eigenvalue weighted by Gasteiger charge is -2.45. The van der Waals surface area contributed by atoms with E-state index in [0.29, 0.717) is 40.1 Å². The highest BCUT2D eigenvalue weighted by Gasteiger charge is 2.49. The van der Waals surface area contributed by atoms with Gasteiger partial charge in [-0.1, -0.05) is 48.2 Å². The molecule has 0 amide bonds. The van der Waals surface area contributed by atoms with Crippen LogP contribution in [0.5, 0.6) is 0 Å². The molecular weight excluding hydrogens is 417 g/mol. The predicted molar refractivity (Wildman–Crippen MR) is 120 cm³/mol. The molecule has 1 aromatic carbocycles. The Morgan fingerprint density at radius 3 is 2.67 bits per heavy atom. The summed E-state index contributed by atoms with van der Waals surface area (Å²) in [6.45, 7) is 0. The maximum Gasteiger partial charge on any atom is 0.306 e. The van der Waals surface area contributed by atoms with Crippen LogP contribution in [0.2, 0.25) is 10.0 Å². The molecule has 1 aliphatic heterocycles. The van der Waals surface area contributed by atoms with E-state index in [-0.39, 0.29) is 12.1 Å². The number of allylic oxidation sites excluding steroid dienone is 1. The number of benzene rings is 1. The summed E-state index contributed by atoms with van der Waals surface area (Å²) >= 11 is 12.4. The Balaban J connectivity index is 1.34. The van der Waals surface area contributed by atoms with E-state index in [1.165, 1.54) is 25.7 Å². The van der Waals surface area contributed by atoms with Crippen LogP contribution in [0.3, 0.4) is 0 Å². The summed E-state index contributed by atoms with van der Waals surface area (Å²) in [4.78, 5) is 16.5. The number of halogens is 2.